The second kappa shape index (κ2) is 7.34. The number of amides is 1. The number of benzene rings is 1. The van der Waals surface area contributed by atoms with E-state index in [1.54, 1.807) is 6.20 Å². The molecule has 0 spiro atoms. The van der Waals surface area contributed by atoms with E-state index >= 15 is 0 Å². The van der Waals surface area contributed by atoms with Crippen molar-refractivity contribution in [3.05, 3.63) is 53.7 Å². The molecule has 0 bridgehead atoms. The number of carbonyl (C=O) groups excluding carboxylic acids is 1. The van der Waals surface area contributed by atoms with Crippen molar-refractivity contribution in [2.75, 3.05) is 37.7 Å². The van der Waals surface area contributed by atoms with Gasteiger partial charge in [-0.1, -0.05) is 24.3 Å². The number of carbonyl (C=O) groups is 1. The molecule has 1 amide bonds. The van der Waals surface area contributed by atoms with Gasteiger partial charge in [-0.05, 0) is 37.1 Å². The SMILES string of the molecule is Cc1cccc(C)c1OCC(=O)N1CCN(c2ccccn2)CC1. The average molecular weight is 325 g/mol. The Bertz CT molecular complexity index is 675. The van der Waals surface area contributed by atoms with Gasteiger partial charge in [-0.2, -0.15) is 0 Å². The minimum atomic E-state index is 0.0401. The average Bonchev–Trinajstić information content (AvgIpc) is 2.62. The molecule has 1 aromatic heterocycles. The third-order valence-electron chi connectivity index (χ3n) is 4.35. The van der Waals surface area contributed by atoms with Crippen molar-refractivity contribution in [3.63, 3.8) is 0 Å². The summed E-state index contributed by atoms with van der Waals surface area (Å²) in [4.78, 5) is 20.8. The second-order valence-corrected chi connectivity index (χ2v) is 6.07. The Morgan fingerprint density at radius 1 is 1.04 bits per heavy atom. The van der Waals surface area contributed by atoms with Crippen LogP contribution in [-0.4, -0.2) is 48.6 Å². The molecule has 126 valence electrons. The first-order valence-corrected chi connectivity index (χ1v) is 8.28. The van der Waals surface area contributed by atoms with E-state index in [-0.39, 0.29) is 12.5 Å². The third kappa shape index (κ3) is 3.67. The van der Waals surface area contributed by atoms with Crippen LogP contribution < -0.4 is 9.64 Å². The van der Waals surface area contributed by atoms with Crippen molar-refractivity contribution >= 4 is 11.7 Å². The maximum Gasteiger partial charge on any atom is 0.260 e. The quantitative estimate of drug-likeness (QED) is 0.866. The van der Waals surface area contributed by atoms with Crippen LogP contribution in [0, 0.1) is 13.8 Å². The fourth-order valence-corrected chi connectivity index (χ4v) is 2.98. The Morgan fingerprint density at radius 2 is 1.75 bits per heavy atom. The molecule has 5 nitrogen and oxygen atoms in total. The van der Waals surface area contributed by atoms with Gasteiger partial charge in [0.1, 0.15) is 11.6 Å². The number of nitrogens with zero attached hydrogens (tertiary/aromatic N) is 3. The van der Waals surface area contributed by atoms with E-state index in [1.165, 1.54) is 0 Å². The largest absolute Gasteiger partial charge is 0.483 e. The molecular weight excluding hydrogens is 302 g/mol. The molecule has 2 heterocycles. The summed E-state index contributed by atoms with van der Waals surface area (Å²) in [6, 6.07) is 11.9. The van der Waals surface area contributed by atoms with Crippen LogP contribution >= 0.6 is 0 Å². The highest BCUT2D eigenvalue weighted by Gasteiger charge is 2.22. The van der Waals surface area contributed by atoms with Crippen LogP contribution in [0.3, 0.4) is 0 Å². The van der Waals surface area contributed by atoms with Gasteiger partial charge in [0.25, 0.3) is 5.91 Å². The standard InChI is InChI=1S/C19H23N3O2/c1-15-6-5-7-16(2)19(15)24-14-18(23)22-12-10-21(11-13-22)17-8-3-4-9-20-17/h3-9H,10-14H2,1-2H3. The molecule has 3 rings (SSSR count). The first kappa shape index (κ1) is 16.3. The lowest BCUT2D eigenvalue weighted by Gasteiger charge is -2.35. The zero-order valence-corrected chi connectivity index (χ0v) is 14.2. The number of ether oxygens (including phenoxy) is 1. The summed E-state index contributed by atoms with van der Waals surface area (Å²) in [5.41, 5.74) is 2.12. The molecule has 0 unspecified atom stereocenters. The van der Waals surface area contributed by atoms with Gasteiger partial charge in [0.05, 0.1) is 0 Å². The number of hydrogen-bond donors (Lipinski definition) is 0. The molecular formula is C19H23N3O2. The van der Waals surface area contributed by atoms with Gasteiger partial charge in [-0.25, -0.2) is 4.98 Å². The summed E-state index contributed by atoms with van der Waals surface area (Å²) in [5, 5.41) is 0. The lowest BCUT2D eigenvalue weighted by molar-refractivity contribution is -0.133. The van der Waals surface area contributed by atoms with Crippen molar-refractivity contribution in [1.82, 2.24) is 9.88 Å². The van der Waals surface area contributed by atoms with Crippen molar-refractivity contribution in [3.8, 4) is 5.75 Å². The number of pyridine rings is 1. The molecule has 0 aliphatic carbocycles. The topological polar surface area (TPSA) is 45.7 Å². The third-order valence-corrected chi connectivity index (χ3v) is 4.35. The maximum atomic E-state index is 12.4. The number of anilines is 1. The Labute approximate surface area is 142 Å². The van der Waals surface area contributed by atoms with Gasteiger partial charge in [0.2, 0.25) is 0 Å². The Hall–Kier alpha value is -2.56. The fraction of sp³-hybridized carbons (Fsp3) is 0.368. The van der Waals surface area contributed by atoms with Crippen molar-refractivity contribution in [2.45, 2.75) is 13.8 Å². The molecule has 1 fully saturated rings. The van der Waals surface area contributed by atoms with Gasteiger partial charge < -0.3 is 14.5 Å². The normalized spacial score (nSPS) is 14.6. The van der Waals surface area contributed by atoms with Crippen molar-refractivity contribution in [1.29, 1.82) is 0 Å². The van der Waals surface area contributed by atoms with Crippen LogP contribution in [0.5, 0.6) is 5.75 Å². The number of aryl methyl sites for hydroxylation is 2. The van der Waals surface area contributed by atoms with E-state index in [2.05, 4.69) is 9.88 Å². The minimum absolute atomic E-state index is 0.0401. The Morgan fingerprint density at radius 3 is 2.38 bits per heavy atom. The van der Waals surface area contributed by atoms with E-state index in [1.807, 2.05) is 55.1 Å². The van der Waals surface area contributed by atoms with Crippen molar-refractivity contribution in [2.24, 2.45) is 0 Å². The lowest BCUT2D eigenvalue weighted by Crippen LogP contribution is -2.50. The monoisotopic (exact) mass is 325 g/mol. The van der Waals surface area contributed by atoms with E-state index in [9.17, 15) is 4.79 Å². The summed E-state index contributed by atoms with van der Waals surface area (Å²) in [6.45, 7) is 7.08. The van der Waals surface area contributed by atoms with E-state index in [4.69, 9.17) is 4.74 Å². The molecule has 0 N–H and O–H groups in total. The van der Waals surface area contributed by atoms with Crippen LogP contribution in [0.2, 0.25) is 0 Å². The van der Waals surface area contributed by atoms with Gasteiger partial charge in [-0.3, -0.25) is 4.79 Å². The number of piperazine rings is 1. The van der Waals surface area contributed by atoms with Gasteiger partial charge in [-0.15, -0.1) is 0 Å². The molecule has 24 heavy (non-hydrogen) atoms. The second-order valence-electron chi connectivity index (χ2n) is 6.07. The van der Waals surface area contributed by atoms with Crippen LogP contribution in [0.1, 0.15) is 11.1 Å². The minimum Gasteiger partial charge on any atom is -0.483 e. The molecule has 1 aliphatic rings. The zero-order valence-electron chi connectivity index (χ0n) is 14.2. The van der Waals surface area contributed by atoms with Gasteiger partial charge in [0, 0.05) is 32.4 Å². The molecule has 0 atom stereocenters. The van der Waals surface area contributed by atoms with E-state index < -0.39 is 0 Å². The van der Waals surface area contributed by atoms with Crippen LogP contribution in [0.4, 0.5) is 5.82 Å². The first-order chi connectivity index (χ1) is 11.6. The fourth-order valence-electron chi connectivity index (χ4n) is 2.98. The zero-order chi connectivity index (χ0) is 16.9. The highest BCUT2D eigenvalue weighted by molar-refractivity contribution is 5.78. The molecule has 2 aromatic rings. The summed E-state index contributed by atoms with van der Waals surface area (Å²) in [5.74, 6) is 1.83. The molecule has 0 radical (unpaired) electrons. The molecule has 1 saturated heterocycles. The summed E-state index contributed by atoms with van der Waals surface area (Å²) in [7, 11) is 0. The first-order valence-electron chi connectivity index (χ1n) is 8.28. The van der Waals surface area contributed by atoms with Crippen LogP contribution in [0.25, 0.3) is 0 Å². The summed E-state index contributed by atoms with van der Waals surface area (Å²) >= 11 is 0. The predicted octanol–water partition coefficient (Wildman–Crippen LogP) is 2.43. The smallest absolute Gasteiger partial charge is 0.260 e. The van der Waals surface area contributed by atoms with E-state index in [0.717, 1.165) is 35.8 Å². The molecule has 5 heteroatoms. The predicted molar refractivity (Wildman–Crippen MR) is 94.4 cm³/mol. The van der Waals surface area contributed by atoms with E-state index in [0.29, 0.717) is 13.1 Å². The molecule has 1 aliphatic heterocycles. The number of aromatic nitrogens is 1. The number of para-hydroxylation sites is 1. The van der Waals surface area contributed by atoms with Gasteiger partial charge in [0.15, 0.2) is 6.61 Å². The Balaban J connectivity index is 1.52. The van der Waals surface area contributed by atoms with Gasteiger partial charge >= 0.3 is 0 Å². The summed E-state index contributed by atoms with van der Waals surface area (Å²) < 4.78 is 5.78. The molecule has 1 aromatic carbocycles. The van der Waals surface area contributed by atoms with Crippen molar-refractivity contribution < 1.29 is 9.53 Å². The maximum absolute atomic E-state index is 12.4. The summed E-state index contributed by atoms with van der Waals surface area (Å²) in [6.07, 6.45) is 1.80. The number of hydrogen-bond acceptors (Lipinski definition) is 4. The van der Waals surface area contributed by atoms with Crippen LogP contribution in [-0.2, 0) is 4.79 Å². The Kier molecular flexibility index (Phi) is 4.99. The molecule has 0 saturated carbocycles. The van der Waals surface area contributed by atoms with Crippen LogP contribution in [0.15, 0.2) is 42.6 Å². The number of rotatable bonds is 4. The highest BCUT2D eigenvalue weighted by Crippen LogP contribution is 2.22. The highest BCUT2D eigenvalue weighted by atomic mass is 16.5. The lowest BCUT2D eigenvalue weighted by atomic mass is 10.1.